The van der Waals surface area contributed by atoms with Crippen LogP contribution in [0.3, 0.4) is 0 Å². The van der Waals surface area contributed by atoms with Gasteiger partial charge < -0.3 is 21.1 Å². The molecule has 1 atom stereocenters. The summed E-state index contributed by atoms with van der Waals surface area (Å²) in [6.45, 7) is 1.63. The number of nitro benzene ring substituents is 1. The highest BCUT2D eigenvalue weighted by Gasteiger charge is 2.24. The molecule has 0 aliphatic carbocycles. The van der Waals surface area contributed by atoms with Gasteiger partial charge >= 0.3 is 0 Å². The summed E-state index contributed by atoms with van der Waals surface area (Å²) in [6, 6.07) is 8.63. The third-order valence-corrected chi connectivity index (χ3v) is 5.06. The van der Waals surface area contributed by atoms with Gasteiger partial charge in [0.15, 0.2) is 6.10 Å². The number of hydrogen-bond donors (Lipinski definition) is 3. The molecule has 0 fully saturated rings. The number of ether oxygens (including phenoxy) is 1. The highest BCUT2D eigenvalue weighted by Crippen LogP contribution is 2.33. The van der Waals surface area contributed by atoms with Gasteiger partial charge in [-0.25, -0.2) is 0 Å². The molecule has 0 bridgehead atoms. The molecule has 1 unspecified atom stereocenters. The molecule has 2 aromatic carbocycles. The fraction of sp³-hybridized carbons (Fsp3) is 0.167. The fourth-order valence-electron chi connectivity index (χ4n) is 2.56. The maximum absolute atomic E-state index is 12.2. The van der Waals surface area contributed by atoms with Crippen molar-refractivity contribution in [2.45, 2.75) is 17.9 Å². The van der Waals surface area contributed by atoms with Crippen LogP contribution < -0.4 is 21.1 Å². The largest absolute Gasteiger partial charge is 0.479 e. The molecule has 0 aromatic heterocycles. The van der Waals surface area contributed by atoms with E-state index in [0.717, 1.165) is 17.8 Å². The molecule has 1 aliphatic rings. The van der Waals surface area contributed by atoms with Crippen LogP contribution in [0.25, 0.3) is 0 Å². The molecule has 1 aliphatic heterocycles. The Kier molecular flexibility index (Phi) is 5.69. The molecule has 3 amide bonds. The van der Waals surface area contributed by atoms with E-state index in [1.807, 2.05) is 0 Å². The molecule has 11 heteroatoms. The number of rotatable bonds is 6. The molecule has 150 valence electrons. The zero-order valence-corrected chi connectivity index (χ0v) is 15.9. The first kappa shape index (κ1) is 20.1. The van der Waals surface area contributed by atoms with Crippen LogP contribution in [0.2, 0.25) is 0 Å². The first-order valence-corrected chi connectivity index (χ1v) is 9.35. The third-order valence-electron chi connectivity index (χ3n) is 3.99. The normalized spacial score (nSPS) is 14.9. The van der Waals surface area contributed by atoms with Crippen molar-refractivity contribution >= 4 is 46.5 Å². The Bertz CT molecular complexity index is 1030. The van der Waals surface area contributed by atoms with Gasteiger partial charge in [-0.05, 0) is 37.3 Å². The predicted molar refractivity (Wildman–Crippen MR) is 106 cm³/mol. The van der Waals surface area contributed by atoms with Gasteiger partial charge in [0.2, 0.25) is 11.8 Å². The molecule has 4 N–H and O–H groups in total. The van der Waals surface area contributed by atoms with Gasteiger partial charge in [-0.2, -0.15) is 0 Å². The maximum atomic E-state index is 12.2. The highest BCUT2D eigenvalue weighted by molar-refractivity contribution is 8.00. The number of nitro groups is 1. The van der Waals surface area contributed by atoms with E-state index in [0.29, 0.717) is 17.1 Å². The zero-order chi connectivity index (χ0) is 21.1. The van der Waals surface area contributed by atoms with Crippen molar-refractivity contribution in [2.24, 2.45) is 5.73 Å². The molecular weight excluding hydrogens is 400 g/mol. The predicted octanol–water partition coefficient (Wildman–Crippen LogP) is 2.14. The number of hydrogen-bond acceptors (Lipinski definition) is 7. The monoisotopic (exact) mass is 416 g/mol. The Morgan fingerprint density at radius 1 is 1.31 bits per heavy atom. The number of benzene rings is 2. The highest BCUT2D eigenvalue weighted by atomic mass is 32.2. The SMILES string of the molecule is CC1Oc2ccc(NC(=O)CSc3ccc(C(N)=O)cc3[N+](=O)[O-])cc2NC1=O. The molecule has 3 rings (SSSR count). The third kappa shape index (κ3) is 4.63. The van der Waals surface area contributed by atoms with Crippen molar-refractivity contribution in [3.05, 3.63) is 52.1 Å². The Morgan fingerprint density at radius 2 is 2.07 bits per heavy atom. The standard InChI is InChI=1S/C18H16N4O6S/c1-9-18(25)21-12-7-11(3-4-14(12)28-9)20-16(23)8-29-15-5-2-10(17(19)24)6-13(15)22(26)27/h2-7,9H,8H2,1H3,(H2,19,24)(H,20,23)(H,21,25). The second-order valence-corrected chi connectivity index (χ2v) is 7.12. The fourth-order valence-corrected chi connectivity index (χ4v) is 3.37. The summed E-state index contributed by atoms with van der Waals surface area (Å²) >= 11 is 0.952. The van der Waals surface area contributed by atoms with Crippen molar-refractivity contribution in [3.8, 4) is 5.75 Å². The van der Waals surface area contributed by atoms with Crippen LogP contribution in [-0.4, -0.2) is 34.5 Å². The number of carbonyl (C=O) groups excluding carboxylic acids is 3. The summed E-state index contributed by atoms with van der Waals surface area (Å²) in [4.78, 5) is 45.9. The second kappa shape index (κ2) is 8.19. The quantitative estimate of drug-likeness (QED) is 0.370. The van der Waals surface area contributed by atoms with Crippen LogP contribution in [-0.2, 0) is 9.59 Å². The number of amides is 3. The van der Waals surface area contributed by atoms with Crippen molar-refractivity contribution in [2.75, 3.05) is 16.4 Å². The summed E-state index contributed by atoms with van der Waals surface area (Å²) in [6.07, 6.45) is -0.601. The van der Waals surface area contributed by atoms with E-state index >= 15 is 0 Å². The van der Waals surface area contributed by atoms with Crippen LogP contribution in [0.5, 0.6) is 5.75 Å². The topological polar surface area (TPSA) is 154 Å². The number of thioether (sulfide) groups is 1. The van der Waals surface area contributed by atoms with E-state index in [1.54, 1.807) is 25.1 Å². The lowest BCUT2D eigenvalue weighted by atomic mass is 10.2. The van der Waals surface area contributed by atoms with Gasteiger partial charge in [0, 0.05) is 17.3 Å². The summed E-state index contributed by atoms with van der Waals surface area (Å²) in [7, 11) is 0. The molecule has 0 radical (unpaired) electrons. The molecule has 0 spiro atoms. The number of anilines is 2. The first-order chi connectivity index (χ1) is 13.7. The number of nitrogens with one attached hydrogen (secondary N) is 2. The van der Waals surface area contributed by atoms with Crippen LogP contribution in [0.1, 0.15) is 17.3 Å². The molecule has 1 heterocycles. The van der Waals surface area contributed by atoms with Crippen LogP contribution in [0.15, 0.2) is 41.3 Å². The number of nitrogens with zero attached hydrogens (tertiary/aromatic N) is 1. The average molecular weight is 416 g/mol. The lowest BCUT2D eigenvalue weighted by Gasteiger charge is -2.23. The smallest absolute Gasteiger partial charge is 0.283 e. The zero-order valence-electron chi connectivity index (χ0n) is 15.1. The summed E-state index contributed by atoms with van der Waals surface area (Å²) < 4.78 is 5.45. The molecule has 2 aromatic rings. The minimum absolute atomic E-state index is 0.0122. The lowest BCUT2D eigenvalue weighted by Crippen LogP contribution is -2.34. The number of nitrogens with two attached hydrogens (primary N) is 1. The molecule has 10 nitrogen and oxygen atoms in total. The second-order valence-electron chi connectivity index (χ2n) is 6.10. The summed E-state index contributed by atoms with van der Waals surface area (Å²) in [5, 5.41) is 16.5. The van der Waals surface area contributed by atoms with Crippen molar-refractivity contribution in [1.82, 2.24) is 0 Å². The molecule has 0 saturated heterocycles. The van der Waals surface area contributed by atoms with Gasteiger partial charge in [0.25, 0.3) is 11.6 Å². The van der Waals surface area contributed by atoms with E-state index in [9.17, 15) is 24.5 Å². The van der Waals surface area contributed by atoms with Crippen molar-refractivity contribution in [3.63, 3.8) is 0 Å². The van der Waals surface area contributed by atoms with Crippen LogP contribution in [0, 0.1) is 10.1 Å². The maximum Gasteiger partial charge on any atom is 0.283 e. The number of primary amides is 1. The summed E-state index contributed by atoms with van der Waals surface area (Å²) in [5.74, 6) is -1.08. The van der Waals surface area contributed by atoms with E-state index in [1.165, 1.54) is 12.1 Å². The van der Waals surface area contributed by atoms with E-state index in [-0.39, 0.29) is 27.8 Å². The Labute approximate surface area is 168 Å². The molecule has 0 saturated carbocycles. The van der Waals surface area contributed by atoms with Crippen LogP contribution >= 0.6 is 11.8 Å². The van der Waals surface area contributed by atoms with Gasteiger partial charge in [-0.15, -0.1) is 11.8 Å². The Balaban J connectivity index is 1.66. The summed E-state index contributed by atoms with van der Waals surface area (Å²) in [5.41, 5.74) is 5.72. The molecular formula is C18H16N4O6S. The Morgan fingerprint density at radius 3 is 2.76 bits per heavy atom. The Hall–Kier alpha value is -3.60. The lowest BCUT2D eigenvalue weighted by molar-refractivity contribution is -0.387. The number of carbonyl (C=O) groups is 3. The van der Waals surface area contributed by atoms with Gasteiger partial charge in [0.1, 0.15) is 5.75 Å². The van der Waals surface area contributed by atoms with E-state index in [2.05, 4.69) is 10.6 Å². The minimum Gasteiger partial charge on any atom is -0.479 e. The van der Waals surface area contributed by atoms with E-state index in [4.69, 9.17) is 10.5 Å². The van der Waals surface area contributed by atoms with Gasteiger partial charge in [-0.1, -0.05) is 0 Å². The first-order valence-electron chi connectivity index (χ1n) is 8.37. The van der Waals surface area contributed by atoms with Gasteiger partial charge in [0.05, 0.1) is 21.3 Å². The minimum atomic E-state index is -0.778. The average Bonchev–Trinajstić information content (AvgIpc) is 2.67. The van der Waals surface area contributed by atoms with Crippen molar-refractivity contribution in [1.29, 1.82) is 0 Å². The number of fused-ring (bicyclic) bond motifs is 1. The van der Waals surface area contributed by atoms with Crippen molar-refractivity contribution < 1.29 is 24.0 Å². The van der Waals surface area contributed by atoms with Gasteiger partial charge in [-0.3, -0.25) is 24.5 Å². The van der Waals surface area contributed by atoms with Crippen LogP contribution in [0.4, 0.5) is 17.1 Å². The van der Waals surface area contributed by atoms with E-state index < -0.39 is 22.8 Å². The molecule has 29 heavy (non-hydrogen) atoms.